The van der Waals surface area contributed by atoms with Gasteiger partial charge in [-0.1, -0.05) is 18.2 Å². The molecule has 140 valence electrons. The van der Waals surface area contributed by atoms with Crippen molar-refractivity contribution in [2.24, 2.45) is 0 Å². The van der Waals surface area contributed by atoms with E-state index in [0.717, 1.165) is 5.56 Å². The number of amides is 1. The number of rotatable bonds is 5. The fourth-order valence-corrected chi connectivity index (χ4v) is 2.91. The predicted octanol–water partition coefficient (Wildman–Crippen LogP) is 3.13. The van der Waals surface area contributed by atoms with Crippen LogP contribution in [0.25, 0.3) is 5.69 Å². The number of carbonyl (C=O) groups excluding carboxylic acids is 1. The number of pyridine rings is 1. The quantitative estimate of drug-likeness (QED) is 0.744. The van der Waals surface area contributed by atoms with Crippen molar-refractivity contribution in [3.63, 3.8) is 0 Å². The van der Waals surface area contributed by atoms with E-state index in [-0.39, 0.29) is 11.4 Å². The minimum atomic E-state index is -0.475. The van der Waals surface area contributed by atoms with Crippen LogP contribution in [0.1, 0.15) is 27.2 Å². The maximum atomic E-state index is 12.9. The van der Waals surface area contributed by atoms with Gasteiger partial charge in [-0.05, 0) is 61.4 Å². The Morgan fingerprint density at radius 2 is 1.89 bits per heavy atom. The van der Waals surface area contributed by atoms with Crippen molar-refractivity contribution in [1.82, 2.24) is 9.88 Å². The summed E-state index contributed by atoms with van der Waals surface area (Å²) in [5.41, 5.74) is 2.07. The first-order chi connectivity index (χ1) is 13.5. The zero-order valence-electron chi connectivity index (χ0n) is 15.3. The van der Waals surface area contributed by atoms with Gasteiger partial charge in [0, 0.05) is 12.2 Å². The van der Waals surface area contributed by atoms with Gasteiger partial charge in [0.1, 0.15) is 11.4 Å². The summed E-state index contributed by atoms with van der Waals surface area (Å²) in [6.07, 6.45) is 0.524. The smallest absolute Gasteiger partial charge is 0.268 e. The summed E-state index contributed by atoms with van der Waals surface area (Å²) >= 11 is 0. The molecular formula is C22H18FN3O2. The van der Waals surface area contributed by atoms with E-state index in [0.29, 0.717) is 29.9 Å². The predicted molar refractivity (Wildman–Crippen MR) is 104 cm³/mol. The molecule has 28 heavy (non-hydrogen) atoms. The molecule has 0 spiro atoms. The standard InChI is InChI=1S/C22H18FN3O2/c1-15-5-10-20(21(27)25-12-11-16-6-8-18(23)9-7-16)22(28)26(15)19-4-2-3-17(13-19)14-24/h2-10,13H,11-12H2,1H3,(H,25,27). The van der Waals surface area contributed by atoms with Crippen molar-refractivity contribution in [1.29, 1.82) is 5.26 Å². The Kier molecular flexibility index (Phi) is 5.66. The molecule has 0 saturated carbocycles. The molecule has 5 nitrogen and oxygen atoms in total. The van der Waals surface area contributed by atoms with Gasteiger partial charge in [0.05, 0.1) is 17.3 Å². The third kappa shape index (κ3) is 4.15. The highest BCUT2D eigenvalue weighted by Crippen LogP contribution is 2.11. The van der Waals surface area contributed by atoms with Gasteiger partial charge in [0.15, 0.2) is 0 Å². The summed E-state index contributed by atoms with van der Waals surface area (Å²) in [6.45, 7) is 2.08. The number of carbonyl (C=O) groups is 1. The molecule has 1 aromatic heterocycles. The minimum absolute atomic E-state index is 0.0204. The van der Waals surface area contributed by atoms with Crippen LogP contribution in [0.5, 0.6) is 0 Å². The lowest BCUT2D eigenvalue weighted by Crippen LogP contribution is -2.34. The van der Waals surface area contributed by atoms with Crippen molar-refractivity contribution < 1.29 is 9.18 Å². The van der Waals surface area contributed by atoms with E-state index in [2.05, 4.69) is 5.32 Å². The fraction of sp³-hybridized carbons (Fsp3) is 0.136. The van der Waals surface area contributed by atoms with Crippen LogP contribution in [0.15, 0.2) is 65.5 Å². The van der Waals surface area contributed by atoms with Crippen LogP contribution in [-0.4, -0.2) is 17.0 Å². The summed E-state index contributed by atoms with van der Waals surface area (Å²) in [4.78, 5) is 25.4. The summed E-state index contributed by atoms with van der Waals surface area (Å²) in [5.74, 6) is -0.786. The first-order valence-corrected chi connectivity index (χ1v) is 8.75. The normalized spacial score (nSPS) is 10.3. The topological polar surface area (TPSA) is 74.9 Å². The summed E-state index contributed by atoms with van der Waals surface area (Å²) in [5, 5.41) is 11.8. The van der Waals surface area contributed by atoms with Gasteiger partial charge in [-0.15, -0.1) is 0 Å². The summed E-state index contributed by atoms with van der Waals surface area (Å²) in [7, 11) is 0. The molecule has 0 aliphatic carbocycles. The number of hydrogen-bond acceptors (Lipinski definition) is 3. The van der Waals surface area contributed by atoms with E-state index in [1.54, 1.807) is 49.4 Å². The van der Waals surface area contributed by atoms with Gasteiger partial charge in [0.2, 0.25) is 0 Å². The van der Waals surface area contributed by atoms with Crippen LogP contribution in [0, 0.1) is 24.1 Å². The third-order valence-electron chi connectivity index (χ3n) is 4.37. The molecule has 1 heterocycles. The maximum absolute atomic E-state index is 12.9. The number of aryl methyl sites for hydroxylation is 1. The molecule has 0 aliphatic heterocycles. The first-order valence-electron chi connectivity index (χ1n) is 8.75. The van der Waals surface area contributed by atoms with Crippen LogP contribution in [0.2, 0.25) is 0 Å². The number of nitrogens with one attached hydrogen (secondary N) is 1. The summed E-state index contributed by atoms with van der Waals surface area (Å²) < 4.78 is 14.3. The maximum Gasteiger partial charge on any atom is 0.268 e. The Bertz CT molecular complexity index is 1110. The molecular weight excluding hydrogens is 357 g/mol. The molecule has 0 unspecified atom stereocenters. The van der Waals surface area contributed by atoms with Crippen LogP contribution in [0.3, 0.4) is 0 Å². The molecule has 1 N–H and O–H groups in total. The highest BCUT2D eigenvalue weighted by molar-refractivity contribution is 5.93. The average Bonchev–Trinajstić information content (AvgIpc) is 2.69. The molecule has 0 aliphatic rings. The van der Waals surface area contributed by atoms with Crippen molar-refractivity contribution >= 4 is 5.91 Å². The molecule has 0 bridgehead atoms. The van der Waals surface area contributed by atoms with Crippen LogP contribution < -0.4 is 10.9 Å². The Morgan fingerprint density at radius 1 is 1.14 bits per heavy atom. The van der Waals surface area contributed by atoms with Crippen LogP contribution in [0.4, 0.5) is 4.39 Å². The van der Waals surface area contributed by atoms with Crippen molar-refractivity contribution in [2.45, 2.75) is 13.3 Å². The van der Waals surface area contributed by atoms with Gasteiger partial charge in [0.25, 0.3) is 11.5 Å². The number of hydrogen-bond donors (Lipinski definition) is 1. The second-order valence-corrected chi connectivity index (χ2v) is 6.32. The number of benzene rings is 2. The molecule has 2 aromatic carbocycles. The fourth-order valence-electron chi connectivity index (χ4n) is 2.91. The average molecular weight is 375 g/mol. The lowest BCUT2D eigenvalue weighted by molar-refractivity contribution is 0.0952. The van der Waals surface area contributed by atoms with Gasteiger partial charge < -0.3 is 5.32 Å². The highest BCUT2D eigenvalue weighted by Gasteiger charge is 2.15. The number of nitriles is 1. The van der Waals surface area contributed by atoms with Gasteiger partial charge in [-0.2, -0.15) is 5.26 Å². The molecule has 1 amide bonds. The molecule has 6 heteroatoms. The lowest BCUT2D eigenvalue weighted by Gasteiger charge is -2.12. The summed E-state index contributed by atoms with van der Waals surface area (Å²) in [6, 6.07) is 17.9. The highest BCUT2D eigenvalue weighted by atomic mass is 19.1. The van der Waals surface area contributed by atoms with Crippen molar-refractivity contribution in [3.8, 4) is 11.8 Å². The van der Waals surface area contributed by atoms with Crippen molar-refractivity contribution in [2.75, 3.05) is 6.54 Å². The van der Waals surface area contributed by atoms with E-state index < -0.39 is 11.5 Å². The number of aromatic nitrogens is 1. The Balaban J connectivity index is 1.80. The molecule has 0 saturated heterocycles. The van der Waals surface area contributed by atoms with Crippen molar-refractivity contribution in [3.05, 3.63) is 99.2 Å². The Labute approximate surface area is 161 Å². The molecule has 0 atom stereocenters. The lowest BCUT2D eigenvalue weighted by atomic mass is 10.1. The van der Waals surface area contributed by atoms with E-state index in [9.17, 15) is 14.0 Å². The largest absolute Gasteiger partial charge is 0.352 e. The molecule has 0 fully saturated rings. The monoisotopic (exact) mass is 375 g/mol. The number of nitrogens with zero attached hydrogens (tertiary/aromatic N) is 2. The first kappa shape index (κ1) is 19.1. The van der Waals surface area contributed by atoms with Gasteiger partial charge in [-0.25, -0.2) is 4.39 Å². The van der Waals surface area contributed by atoms with Gasteiger partial charge >= 0.3 is 0 Å². The number of halogens is 1. The minimum Gasteiger partial charge on any atom is -0.352 e. The van der Waals surface area contributed by atoms with E-state index >= 15 is 0 Å². The second-order valence-electron chi connectivity index (χ2n) is 6.32. The zero-order chi connectivity index (χ0) is 20.1. The van der Waals surface area contributed by atoms with E-state index in [1.165, 1.54) is 22.8 Å². The molecule has 0 radical (unpaired) electrons. The van der Waals surface area contributed by atoms with E-state index in [4.69, 9.17) is 5.26 Å². The SMILES string of the molecule is Cc1ccc(C(=O)NCCc2ccc(F)cc2)c(=O)n1-c1cccc(C#N)c1. The second kappa shape index (κ2) is 8.31. The van der Waals surface area contributed by atoms with Crippen LogP contribution in [-0.2, 0) is 6.42 Å². The Hall–Kier alpha value is -3.72. The molecule has 3 rings (SSSR count). The van der Waals surface area contributed by atoms with Crippen LogP contribution >= 0.6 is 0 Å². The third-order valence-corrected chi connectivity index (χ3v) is 4.37. The van der Waals surface area contributed by atoms with E-state index in [1.807, 2.05) is 6.07 Å². The van der Waals surface area contributed by atoms with Gasteiger partial charge in [-0.3, -0.25) is 14.2 Å². The Morgan fingerprint density at radius 3 is 2.61 bits per heavy atom. The molecule has 3 aromatic rings. The zero-order valence-corrected chi connectivity index (χ0v) is 15.3.